The van der Waals surface area contributed by atoms with E-state index < -0.39 is 0 Å². The van der Waals surface area contributed by atoms with Crippen LogP contribution in [-0.4, -0.2) is 14.1 Å². The highest BCUT2D eigenvalue weighted by Gasteiger charge is 2.24. The van der Waals surface area contributed by atoms with Gasteiger partial charge in [0.1, 0.15) is 0 Å². The van der Waals surface area contributed by atoms with Crippen molar-refractivity contribution in [2.24, 2.45) is 0 Å². The number of pyridine rings is 1. The Bertz CT molecular complexity index is 4510. The first-order valence-corrected chi connectivity index (χ1v) is 25.7. The van der Waals surface area contributed by atoms with Crippen LogP contribution in [0.25, 0.3) is 138 Å². The molecule has 4 nitrogen and oxygen atoms in total. The fourth-order valence-electron chi connectivity index (χ4n) is 11.5. The molecule has 0 atom stereocenters. The quantitative estimate of drug-likeness (QED) is 0.132. The van der Waals surface area contributed by atoms with Crippen molar-refractivity contribution in [3.63, 3.8) is 0 Å². The lowest BCUT2D eigenvalue weighted by Gasteiger charge is -2.21. The molecule has 0 aliphatic rings. The van der Waals surface area contributed by atoms with E-state index in [4.69, 9.17) is 11.6 Å². The number of hydrogen-bond donors (Lipinski definition) is 0. The van der Waals surface area contributed by atoms with Crippen LogP contribution in [0.1, 0.15) is 0 Å². The normalized spacial score (nSPS) is 11.4. The average molecular weight is 967 g/mol. The van der Waals surface area contributed by atoms with Gasteiger partial charge in [-0.25, -0.2) is 9.83 Å². The van der Waals surface area contributed by atoms with Crippen molar-refractivity contribution in [1.29, 1.82) is 0 Å². The molecule has 4 heteroatoms. The summed E-state index contributed by atoms with van der Waals surface area (Å²) in [5, 5.41) is 4.55. The molecule has 3 heterocycles. The molecule has 76 heavy (non-hydrogen) atoms. The van der Waals surface area contributed by atoms with E-state index in [2.05, 4.69) is 281 Å². The second-order valence-corrected chi connectivity index (χ2v) is 19.3. The van der Waals surface area contributed by atoms with Gasteiger partial charge in [-0.2, -0.15) is 0 Å². The minimum atomic E-state index is 0.540. The number of para-hydroxylation sites is 2. The summed E-state index contributed by atoms with van der Waals surface area (Å²) < 4.78 is 4.85. The number of fused-ring (bicyclic) bond motifs is 6. The molecular formula is C72H46N4. The second-order valence-electron chi connectivity index (χ2n) is 19.3. The summed E-state index contributed by atoms with van der Waals surface area (Å²) in [6, 6.07) is 99.3. The van der Waals surface area contributed by atoms with Gasteiger partial charge < -0.3 is 9.13 Å². The van der Waals surface area contributed by atoms with Gasteiger partial charge in [-0.3, -0.25) is 0 Å². The van der Waals surface area contributed by atoms with Gasteiger partial charge in [0.2, 0.25) is 0 Å². The molecule has 3 aromatic heterocycles. The van der Waals surface area contributed by atoms with Gasteiger partial charge in [0.25, 0.3) is 0 Å². The summed E-state index contributed by atoms with van der Waals surface area (Å²) in [7, 11) is 0. The summed E-state index contributed by atoms with van der Waals surface area (Å²) in [6.07, 6.45) is 0. The maximum Gasteiger partial charge on any atom is 0.197 e. The monoisotopic (exact) mass is 966 g/mol. The fraction of sp³-hybridized carbons (Fsp3) is 0. The minimum absolute atomic E-state index is 0.540. The van der Waals surface area contributed by atoms with Crippen LogP contribution in [0.5, 0.6) is 0 Å². The van der Waals surface area contributed by atoms with Crippen molar-refractivity contribution in [3.05, 3.63) is 290 Å². The molecule has 0 fully saturated rings. The predicted octanol–water partition coefficient (Wildman–Crippen LogP) is 19.5. The minimum Gasteiger partial charge on any atom is -0.308 e. The number of nitrogens with zero attached hydrogens (tertiary/aromatic N) is 4. The Labute approximate surface area is 441 Å². The zero-order chi connectivity index (χ0) is 50.5. The van der Waals surface area contributed by atoms with Crippen LogP contribution < -0.4 is 0 Å². The third-order valence-corrected chi connectivity index (χ3v) is 15.0. The smallest absolute Gasteiger partial charge is 0.197 e. The average Bonchev–Trinajstić information content (AvgIpc) is 4.13. The lowest BCUT2D eigenvalue weighted by molar-refractivity contribution is 1.10. The Kier molecular flexibility index (Phi) is 10.9. The van der Waals surface area contributed by atoms with Gasteiger partial charge in [0.05, 0.1) is 51.4 Å². The van der Waals surface area contributed by atoms with Crippen LogP contribution in [-0.2, 0) is 0 Å². The third kappa shape index (κ3) is 7.57. The Morgan fingerprint density at radius 3 is 1.05 bits per heavy atom. The van der Waals surface area contributed by atoms with Crippen molar-refractivity contribution in [2.75, 3.05) is 0 Å². The zero-order valence-electron chi connectivity index (χ0n) is 41.3. The molecule has 0 radical (unpaired) electrons. The number of aromatic nitrogens is 3. The first kappa shape index (κ1) is 44.4. The summed E-state index contributed by atoms with van der Waals surface area (Å²) in [5.41, 5.74) is 21.2. The van der Waals surface area contributed by atoms with Gasteiger partial charge in [0, 0.05) is 32.7 Å². The summed E-state index contributed by atoms with van der Waals surface area (Å²) in [4.78, 5) is 9.71. The van der Waals surface area contributed by atoms with Crippen molar-refractivity contribution in [1.82, 2.24) is 14.1 Å². The Morgan fingerprint density at radius 1 is 0.263 bits per heavy atom. The lowest BCUT2D eigenvalue weighted by atomic mass is 9.94. The summed E-state index contributed by atoms with van der Waals surface area (Å²) in [6.45, 7) is 9.08. The molecule has 14 aromatic rings. The molecule has 0 saturated heterocycles. The van der Waals surface area contributed by atoms with Crippen LogP contribution >= 0.6 is 0 Å². The SMILES string of the molecule is [C-]#[N+]c1cc(-n2c3ccccc3c3ccc(-c4ccccc4-c4ccccc4)cc32)c(-n2c3ccccc3c3ccc(-c4ccccc4-c4ccccc4)cc32)cc1-c1cc(-c2ccccc2)nc(-c2ccccc2)c1. The molecule has 14 rings (SSSR count). The number of hydrogen-bond acceptors (Lipinski definition) is 1. The van der Waals surface area contributed by atoms with Crippen LogP contribution in [0.15, 0.2) is 279 Å². The molecule has 354 valence electrons. The van der Waals surface area contributed by atoms with Gasteiger partial charge in [-0.05, 0) is 104 Å². The van der Waals surface area contributed by atoms with Gasteiger partial charge >= 0.3 is 0 Å². The fourth-order valence-corrected chi connectivity index (χ4v) is 11.5. The van der Waals surface area contributed by atoms with E-state index in [-0.39, 0.29) is 0 Å². The molecule has 11 aromatic carbocycles. The topological polar surface area (TPSA) is 27.1 Å². The van der Waals surface area contributed by atoms with Crippen molar-refractivity contribution in [2.45, 2.75) is 0 Å². The lowest BCUT2D eigenvalue weighted by Crippen LogP contribution is -2.04. The maximum absolute atomic E-state index is 9.08. The highest BCUT2D eigenvalue weighted by atomic mass is 15.1. The Balaban J connectivity index is 1.10. The molecule has 0 amide bonds. The van der Waals surface area contributed by atoms with Crippen LogP contribution in [0.3, 0.4) is 0 Å². The molecule has 0 spiro atoms. The third-order valence-electron chi connectivity index (χ3n) is 15.0. The van der Waals surface area contributed by atoms with Crippen molar-refractivity contribution < 1.29 is 0 Å². The molecule has 0 aliphatic heterocycles. The number of rotatable bonds is 9. The Morgan fingerprint density at radius 2 is 0.618 bits per heavy atom. The van der Waals surface area contributed by atoms with Crippen LogP contribution in [0.4, 0.5) is 5.69 Å². The van der Waals surface area contributed by atoms with Crippen molar-refractivity contribution >= 4 is 49.3 Å². The largest absolute Gasteiger partial charge is 0.308 e. The molecular weight excluding hydrogens is 921 g/mol. The number of benzene rings is 11. The second kappa shape index (κ2) is 18.6. The maximum atomic E-state index is 9.08. The van der Waals surface area contributed by atoms with E-state index in [9.17, 15) is 0 Å². The van der Waals surface area contributed by atoms with E-state index in [1.54, 1.807) is 0 Å². The van der Waals surface area contributed by atoms with E-state index in [0.717, 1.165) is 116 Å². The first-order chi connectivity index (χ1) is 37.7. The molecule has 0 bridgehead atoms. The van der Waals surface area contributed by atoms with Gasteiger partial charge in [-0.1, -0.05) is 231 Å². The molecule has 0 aliphatic carbocycles. The van der Waals surface area contributed by atoms with E-state index in [1.807, 2.05) is 12.1 Å². The molecule has 0 N–H and O–H groups in total. The van der Waals surface area contributed by atoms with Crippen molar-refractivity contribution in [3.8, 4) is 89.5 Å². The van der Waals surface area contributed by atoms with Crippen LogP contribution in [0, 0.1) is 6.57 Å². The summed E-state index contributed by atoms with van der Waals surface area (Å²) >= 11 is 0. The summed E-state index contributed by atoms with van der Waals surface area (Å²) in [5.74, 6) is 0. The highest BCUT2D eigenvalue weighted by Crippen LogP contribution is 2.46. The molecule has 0 saturated carbocycles. The van der Waals surface area contributed by atoms with E-state index in [0.29, 0.717) is 5.69 Å². The molecule has 0 unspecified atom stereocenters. The van der Waals surface area contributed by atoms with E-state index >= 15 is 0 Å². The van der Waals surface area contributed by atoms with Crippen LogP contribution in [0.2, 0.25) is 0 Å². The van der Waals surface area contributed by atoms with E-state index in [1.165, 1.54) is 16.7 Å². The van der Waals surface area contributed by atoms with Gasteiger partial charge in [-0.15, -0.1) is 0 Å². The predicted molar refractivity (Wildman–Crippen MR) is 317 cm³/mol. The van der Waals surface area contributed by atoms with Gasteiger partial charge in [0.15, 0.2) is 5.69 Å². The standard InChI is InChI=1S/C72H46N4/c1-73-66-47-72(76-68-37-21-19-35-60(68)62-41-39-53(45-70(62)76)58-33-17-15-31-56(58)49-24-8-3-9-25-49)71(46-63(66)54-42-64(50-26-10-4-11-27-50)74-65(43-54)51-28-12-5-13-29-51)75-67-36-20-18-34-59(67)61-40-38-52(44-69(61)75)57-32-16-14-30-55(57)48-22-6-2-7-23-48/h2-47H. The zero-order valence-corrected chi connectivity index (χ0v) is 41.3. The first-order valence-electron chi connectivity index (χ1n) is 25.7. The Hall–Kier alpha value is -10.3. The highest BCUT2D eigenvalue weighted by molar-refractivity contribution is 6.13.